The Kier molecular flexibility index (Phi) is 4.28. The van der Waals surface area contributed by atoms with Crippen molar-refractivity contribution in [2.45, 2.75) is 5.37 Å². The molecule has 1 aliphatic rings. The van der Waals surface area contributed by atoms with Gasteiger partial charge in [0.25, 0.3) is 17.5 Å². The van der Waals surface area contributed by atoms with Gasteiger partial charge in [-0.2, -0.15) is 0 Å². The van der Waals surface area contributed by atoms with Crippen LogP contribution in [0.5, 0.6) is 0 Å². The number of aromatic nitrogens is 1. The fraction of sp³-hybridized carbons (Fsp3) is 0.111. The van der Waals surface area contributed by atoms with Crippen molar-refractivity contribution in [3.63, 3.8) is 0 Å². The van der Waals surface area contributed by atoms with Crippen LogP contribution in [0.25, 0.3) is 10.9 Å². The molecule has 1 unspecified atom stereocenters. The maximum absolute atomic E-state index is 12.5. The number of hydrogen-bond acceptors (Lipinski definition) is 5. The molecule has 3 aromatic rings. The molecule has 9 heteroatoms. The van der Waals surface area contributed by atoms with Gasteiger partial charge in [-0.25, -0.2) is 5.01 Å². The van der Waals surface area contributed by atoms with Crippen LogP contribution in [-0.2, 0) is 4.79 Å². The first-order valence-corrected chi connectivity index (χ1v) is 9.14. The van der Waals surface area contributed by atoms with Crippen molar-refractivity contribution in [1.29, 1.82) is 0 Å². The van der Waals surface area contributed by atoms with Gasteiger partial charge in [-0.15, -0.1) is 11.8 Å². The SMILES string of the molecule is O=C(NN1C(=O)CSC1c1c[nH]c2ccccc12)c1ccc([N+](=O)[O-])cc1. The number of nitro groups is 1. The van der Waals surface area contributed by atoms with Crippen LogP contribution in [-0.4, -0.2) is 32.5 Å². The number of nitro benzene ring substituents is 1. The first-order chi connectivity index (χ1) is 13.0. The summed E-state index contributed by atoms with van der Waals surface area (Å²) in [6.07, 6.45) is 1.84. The molecule has 0 aliphatic carbocycles. The first kappa shape index (κ1) is 17.1. The minimum Gasteiger partial charge on any atom is -0.361 e. The van der Waals surface area contributed by atoms with Crippen molar-refractivity contribution in [3.8, 4) is 0 Å². The highest BCUT2D eigenvalue weighted by molar-refractivity contribution is 8.00. The van der Waals surface area contributed by atoms with E-state index in [1.54, 1.807) is 0 Å². The fourth-order valence-corrected chi connectivity index (χ4v) is 4.12. The van der Waals surface area contributed by atoms with Crippen molar-refractivity contribution >= 4 is 40.2 Å². The van der Waals surface area contributed by atoms with E-state index in [2.05, 4.69) is 10.4 Å². The zero-order valence-corrected chi connectivity index (χ0v) is 14.7. The van der Waals surface area contributed by atoms with Gasteiger partial charge in [-0.3, -0.25) is 25.1 Å². The lowest BCUT2D eigenvalue weighted by Crippen LogP contribution is -2.44. The molecule has 2 aromatic carbocycles. The average molecular weight is 382 g/mol. The average Bonchev–Trinajstić information content (AvgIpc) is 3.25. The van der Waals surface area contributed by atoms with Crippen molar-refractivity contribution in [2.24, 2.45) is 0 Å². The van der Waals surface area contributed by atoms with Crippen molar-refractivity contribution < 1.29 is 14.5 Å². The van der Waals surface area contributed by atoms with Crippen LogP contribution in [0.2, 0.25) is 0 Å². The number of hydrogen-bond donors (Lipinski definition) is 2. The number of carbonyl (C=O) groups excluding carboxylic acids is 2. The van der Waals surface area contributed by atoms with E-state index in [-0.39, 0.29) is 28.3 Å². The Morgan fingerprint density at radius 3 is 2.70 bits per heavy atom. The van der Waals surface area contributed by atoms with Gasteiger partial charge < -0.3 is 4.98 Å². The second kappa shape index (κ2) is 6.76. The molecule has 1 fully saturated rings. The molecule has 1 saturated heterocycles. The molecule has 0 bridgehead atoms. The summed E-state index contributed by atoms with van der Waals surface area (Å²) in [6, 6.07) is 13.0. The molecule has 136 valence electrons. The number of benzene rings is 2. The number of thioether (sulfide) groups is 1. The minimum absolute atomic E-state index is 0.101. The Hall–Kier alpha value is -3.33. The number of rotatable bonds is 4. The third kappa shape index (κ3) is 3.13. The molecule has 2 amide bonds. The molecule has 1 aromatic heterocycles. The molecular formula is C18H14N4O4S. The van der Waals surface area contributed by atoms with E-state index in [4.69, 9.17) is 0 Å². The number of fused-ring (bicyclic) bond motifs is 1. The van der Waals surface area contributed by atoms with Gasteiger partial charge in [-0.05, 0) is 18.2 Å². The monoisotopic (exact) mass is 382 g/mol. The smallest absolute Gasteiger partial charge is 0.269 e. The summed E-state index contributed by atoms with van der Waals surface area (Å²) in [7, 11) is 0. The number of nitrogens with zero attached hydrogens (tertiary/aromatic N) is 2. The highest BCUT2D eigenvalue weighted by atomic mass is 32.2. The standard InChI is InChI=1S/C18H14N4O4S/c23-16-10-27-18(14-9-19-15-4-2-1-3-13(14)15)21(16)20-17(24)11-5-7-12(8-6-11)22(25)26/h1-9,18-19H,10H2,(H,20,24). The summed E-state index contributed by atoms with van der Waals surface area (Å²) in [5.74, 6) is -0.443. The zero-order valence-electron chi connectivity index (χ0n) is 13.9. The summed E-state index contributed by atoms with van der Waals surface area (Å²) in [6.45, 7) is 0. The Balaban J connectivity index is 1.58. The normalized spacial score (nSPS) is 16.7. The number of H-pyrrole nitrogens is 1. The van der Waals surface area contributed by atoms with Gasteiger partial charge in [0.2, 0.25) is 0 Å². The Morgan fingerprint density at radius 1 is 1.22 bits per heavy atom. The molecule has 4 rings (SSSR count). The van der Waals surface area contributed by atoms with Gasteiger partial charge in [0.1, 0.15) is 5.37 Å². The molecular weight excluding hydrogens is 368 g/mol. The van der Waals surface area contributed by atoms with Crippen molar-refractivity contribution in [1.82, 2.24) is 15.4 Å². The maximum atomic E-state index is 12.5. The molecule has 27 heavy (non-hydrogen) atoms. The van der Waals surface area contributed by atoms with Crippen LogP contribution in [0, 0.1) is 10.1 Å². The van der Waals surface area contributed by atoms with Gasteiger partial charge >= 0.3 is 0 Å². The highest BCUT2D eigenvalue weighted by Gasteiger charge is 2.35. The van der Waals surface area contributed by atoms with Gasteiger partial charge in [0, 0.05) is 40.4 Å². The van der Waals surface area contributed by atoms with E-state index in [1.807, 2.05) is 30.5 Å². The Morgan fingerprint density at radius 2 is 1.96 bits per heavy atom. The minimum atomic E-state index is -0.532. The number of carbonyl (C=O) groups is 2. The Bertz CT molecular complexity index is 1050. The molecule has 0 radical (unpaired) electrons. The summed E-state index contributed by atoms with van der Waals surface area (Å²) < 4.78 is 0. The number of hydrazine groups is 1. The van der Waals surface area contributed by atoms with Crippen LogP contribution in [0.4, 0.5) is 5.69 Å². The van der Waals surface area contributed by atoms with E-state index >= 15 is 0 Å². The lowest BCUT2D eigenvalue weighted by Gasteiger charge is -2.24. The number of para-hydroxylation sites is 1. The van der Waals surface area contributed by atoms with E-state index in [0.29, 0.717) is 0 Å². The topological polar surface area (TPSA) is 108 Å². The van der Waals surface area contributed by atoms with Gasteiger partial charge in [0.15, 0.2) is 0 Å². The number of nitrogens with one attached hydrogen (secondary N) is 2. The largest absolute Gasteiger partial charge is 0.361 e. The molecule has 2 N–H and O–H groups in total. The fourth-order valence-electron chi connectivity index (χ4n) is 2.98. The van der Waals surface area contributed by atoms with Gasteiger partial charge in [0.05, 0.1) is 10.7 Å². The predicted molar refractivity (Wildman–Crippen MR) is 101 cm³/mol. The summed E-state index contributed by atoms with van der Waals surface area (Å²) in [4.78, 5) is 38.2. The quantitative estimate of drug-likeness (QED) is 0.533. The highest BCUT2D eigenvalue weighted by Crippen LogP contribution is 2.40. The third-order valence-corrected chi connectivity index (χ3v) is 5.51. The Labute approximate surface area is 157 Å². The third-order valence-electron chi connectivity index (χ3n) is 4.32. The van der Waals surface area contributed by atoms with E-state index in [0.717, 1.165) is 16.5 Å². The van der Waals surface area contributed by atoms with Crippen LogP contribution in [0.3, 0.4) is 0 Å². The van der Waals surface area contributed by atoms with E-state index in [1.165, 1.54) is 41.0 Å². The molecule has 2 heterocycles. The van der Waals surface area contributed by atoms with Crippen molar-refractivity contribution in [3.05, 3.63) is 76.0 Å². The second-order valence-electron chi connectivity index (χ2n) is 5.96. The number of non-ortho nitro benzene ring substituents is 1. The van der Waals surface area contributed by atoms with Crippen LogP contribution in [0.15, 0.2) is 54.7 Å². The zero-order chi connectivity index (χ0) is 19.0. The molecule has 1 atom stereocenters. The molecule has 1 aliphatic heterocycles. The van der Waals surface area contributed by atoms with E-state index < -0.39 is 10.8 Å². The summed E-state index contributed by atoms with van der Waals surface area (Å²) >= 11 is 1.43. The van der Waals surface area contributed by atoms with E-state index in [9.17, 15) is 19.7 Å². The summed E-state index contributed by atoms with van der Waals surface area (Å²) in [5, 5.41) is 12.7. The lowest BCUT2D eigenvalue weighted by molar-refractivity contribution is -0.384. The lowest BCUT2D eigenvalue weighted by atomic mass is 10.1. The summed E-state index contributed by atoms with van der Waals surface area (Å²) in [5.41, 5.74) is 4.64. The van der Waals surface area contributed by atoms with Crippen molar-refractivity contribution in [2.75, 3.05) is 5.75 Å². The molecule has 0 saturated carbocycles. The predicted octanol–water partition coefficient (Wildman–Crippen LogP) is 3.00. The van der Waals surface area contributed by atoms with Crippen LogP contribution >= 0.6 is 11.8 Å². The van der Waals surface area contributed by atoms with Crippen LogP contribution in [0.1, 0.15) is 21.3 Å². The maximum Gasteiger partial charge on any atom is 0.269 e. The molecule has 0 spiro atoms. The second-order valence-corrected chi connectivity index (χ2v) is 7.03. The molecule has 8 nitrogen and oxygen atoms in total. The van der Waals surface area contributed by atoms with Gasteiger partial charge in [-0.1, -0.05) is 18.2 Å². The number of aromatic amines is 1. The number of amides is 2. The first-order valence-electron chi connectivity index (χ1n) is 8.10. The van der Waals surface area contributed by atoms with Crippen LogP contribution < -0.4 is 5.43 Å².